The average molecular weight is 313 g/mol. The van der Waals surface area contributed by atoms with E-state index in [1.165, 1.54) is 14.0 Å². The van der Waals surface area contributed by atoms with Crippen LogP contribution in [0.5, 0.6) is 17.2 Å². The predicted molar refractivity (Wildman–Crippen MR) is 77.1 cm³/mol. The van der Waals surface area contributed by atoms with Gasteiger partial charge in [0.2, 0.25) is 21.5 Å². The number of ether oxygens (including phenoxy) is 1. The van der Waals surface area contributed by atoms with Gasteiger partial charge in [0.05, 0.1) is 12.9 Å². The molecule has 0 fully saturated rings. The summed E-state index contributed by atoms with van der Waals surface area (Å²) < 4.78 is 35.3. The summed E-state index contributed by atoms with van der Waals surface area (Å²) in [6.07, 6.45) is 0. The second-order valence-electron chi connectivity index (χ2n) is 4.19. The molecule has 1 heterocycles. The Morgan fingerprint density at radius 1 is 1.29 bits per heavy atom. The molecule has 0 unspecified atom stereocenters. The highest BCUT2D eigenvalue weighted by molar-refractivity contribution is 7.92. The Labute approximate surface area is 121 Å². The summed E-state index contributed by atoms with van der Waals surface area (Å²) in [5, 5.41) is 19.6. The molecule has 0 amide bonds. The van der Waals surface area contributed by atoms with Crippen LogP contribution in [-0.4, -0.2) is 31.5 Å². The minimum atomic E-state index is -3.63. The van der Waals surface area contributed by atoms with Crippen LogP contribution in [0.3, 0.4) is 0 Å². The molecule has 114 valence electrons. The first-order valence-electron chi connectivity index (χ1n) is 6.07. The molecular formula is C13H15NO6S. The van der Waals surface area contributed by atoms with Crippen molar-refractivity contribution in [1.82, 2.24) is 0 Å². The zero-order valence-corrected chi connectivity index (χ0v) is 12.3. The molecule has 1 aromatic heterocycles. The van der Waals surface area contributed by atoms with E-state index in [1.54, 1.807) is 24.3 Å². The van der Waals surface area contributed by atoms with Gasteiger partial charge >= 0.3 is 0 Å². The number of anilines is 1. The van der Waals surface area contributed by atoms with E-state index in [1.807, 2.05) is 0 Å². The molecule has 21 heavy (non-hydrogen) atoms. The van der Waals surface area contributed by atoms with Gasteiger partial charge in [0, 0.05) is 5.56 Å². The topological polar surface area (TPSA) is 109 Å². The lowest BCUT2D eigenvalue weighted by molar-refractivity contribution is 0.409. The molecule has 1 aromatic carbocycles. The van der Waals surface area contributed by atoms with Crippen molar-refractivity contribution in [1.29, 1.82) is 0 Å². The van der Waals surface area contributed by atoms with E-state index in [2.05, 4.69) is 4.72 Å². The number of hydrogen-bond donors (Lipinski definition) is 3. The molecule has 0 atom stereocenters. The first-order chi connectivity index (χ1) is 9.88. The number of hydrogen-bond acceptors (Lipinski definition) is 6. The normalized spacial score (nSPS) is 11.3. The Kier molecular flexibility index (Phi) is 3.99. The fourth-order valence-electron chi connectivity index (χ4n) is 1.66. The molecule has 0 aliphatic rings. The smallest absolute Gasteiger partial charge is 0.253 e. The maximum Gasteiger partial charge on any atom is 0.253 e. The van der Waals surface area contributed by atoms with Crippen molar-refractivity contribution < 1.29 is 27.8 Å². The number of furan rings is 1. The lowest BCUT2D eigenvalue weighted by atomic mass is 10.1. The van der Waals surface area contributed by atoms with Crippen molar-refractivity contribution in [3.05, 3.63) is 24.3 Å². The van der Waals surface area contributed by atoms with Crippen LogP contribution in [-0.2, 0) is 10.0 Å². The van der Waals surface area contributed by atoms with E-state index in [4.69, 9.17) is 9.15 Å². The highest BCUT2D eigenvalue weighted by Gasteiger charge is 2.23. The number of rotatable bonds is 5. The number of sulfonamides is 1. The van der Waals surface area contributed by atoms with Crippen LogP contribution in [0.25, 0.3) is 11.3 Å². The number of benzene rings is 1. The molecule has 0 aliphatic heterocycles. The number of methoxy groups -OCH3 is 1. The Hall–Kier alpha value is -2.35. The van der Waals surface area contributed by atoms with Crippen molar-refractivity contribution in [3.63, 3.8) is 0 Å². The Morgan fingerprint density at radius 2 is 2.00 bits per heavy atom. The van der Waals surface area contributed by atoms with Crippen LogP contribution in [0.1, 0.15) is 6.92 Å². The molecule has 2 rings (SSSR count). The maximum atomic E-state index is 11.5. The van der Waals surface area contributed by atoms with Crippen molar-refractivity contribution in [2.45, 2.75) is 6.92 Å². The largest absolute Gasteiger partial charge is 0.502 e. The average Bonchev–Trinajstić information content (AvgIpc) is 2.75. The highest BCUT2D eigenvalue weighted by Crippen LogP contribution is 2.45. The first kappa shape index (κ1) is 15.0. The third-order valence-electron chi connectivity index (χ3n) is 2.82. The van der Waals surface area contributed by atoms with Gasteiger partial charge in [0.25, 0.3) is 5.88 Å². The second kappa shape index (κ2) is 5.57. The minimum absolute atomic E-state index is 0.0554. The van der Waals surface area contributed by atoms with Gasteiger partial charge in [-0.05, 0) is 19.1 Å². The molecule has 7 nitrogen and oxygen atoms in total. The van der Waals surface area contributed by atoms with E-state index >= 15 is 0 Å². The van der Waals surface area contributed by atoms with Gasteiger partial charge in [-0.3, -0.25) is 0 Å². The standard InChI is InChI=1S/C13H15NO6S/c1-3-21(17,18)14-13-11(16)10(15)12(20-13)8-5-4-6-9(7-8)19-2/h4-7,14-16H,3H2,1-2H3. The fourth-order valence-corrected chi connectivity index (χ4v) is 2.22. The van der Waals surface area contributed by atoms with Crippen LogP contribution in [0, 0.1) is 0 Å². The summed E-state index contributed by atoms with van der Waals surface area (Å²) in [4.78, 5) is 0. The summed E-state index contributed by atoms with van der Waals surface area (Å²) in [5.41, 5.74) is 0.434. The van der Waals surface area contributed by atoms with E-state index in [0.717, 1.165) is 0 Å². The summed E-state index contributed by atoms with van der Waals surface area (Å²) in [5.74, 6) is -1.35. The SMILES string of the molecule is CCS(=O)(=O)Nc1oc(-c2cccc(OC)c2)c(O)c1O. The number of aromatic hydroxyl groups is 2. The Morgan fingerprint density at radius 3 is 2.62 bits per heavy atom. The van der Waals surface area contributed by atoms with Gasteiger partial charge < -0.3 is 19.4 Å². The molecule has 0 aliphatic carbocycles. The van der Waals surface area contributed by atoms with Gasteiger partial charge in [-0.15, -0.1) is 0 Å². The monoisotopic (exact) mass is 313 g/mol. The van der Waals surface area contributed by atoms with E-state index in [-0.39, 0.29) is 11.5 Å². The molecule has 0 saturated heterocycles. The summed E-state index contributed by atoms with van der Waals surface area (Å²) >= 11 is 0. The number of nitrogens with one attached hydrogen (secondary N) is 1. The van der Waals surface area contributed by atoms with Crippen molar-refractivity contribution in [2.75, 3.05) is 17.6 Å². The van der Waals surface area contributed by atoms with Crippen molar-refractivity contribution in [2.24, 2.45) is 0 Å². The lowest BCUT2D eigenvalue weighted by Gasteiger charge is -2.03. The van der Waals surface area contributed by atoms with Gasteiger partial charge in [0.15, 0.2) is 5.76 Å². The van der Waals surface area contributed by atoms with Crippen LogP contribution < -0.4 is 9.46 Å². The molecule has 0 bridgehead atoms. The van der Waals surface area contributed by atoms with Crippen LogP contribution in [0.4, 0.5) is 5.88 Å². The fraction of sp³-hybridized carbons (Fsp3) is 0.231. The van der Waals surface area contributed by atoms with Gasteiger partial charge in [0.1, 0.15) is 5.75 Å². The molecule has 0 spiro atoms. The van der Waals surface area contributed by atoms with E-state index in [0.29, 0.717) is 11.3 Å². The molecule has 8 heteroatoms. The summed E-state index contributed by atoms with van der Waals surface area (Å²) in [6, 6.07) is 6.57. The summed E-state index contributed by atoms with van der Waals surface area (Å²) in [7, 11) is -2.15. The third kappa shape index (κ3) is 3.05. The van der Waals surface area contributed by atoms with Crippen molar-refractivity contribution >= 4 is 15.9 Å². The molecule has 0 radical (unpaired) electrons. The lowest BCUT2D eigenvalue weighted by Crippen LogP contribution is -2.14. The molecular weight excluding hydrogens is 298 g/mol. The van der Waals surface area contributed by atoms with E-state index < -0.39 is 27.4 Å². The van der Waals surface area contributed by atoms with Gasteiger partial charge in [-0.1, -0.05) is 12.1 Å². The van der Waals surface area contributed by atoms with Crippen molar-refractivity contribution in [3.8, 4) is 28.6 Å². The Bertz CT molecular complexity index is 750. The summed E-state index contributed by atoms with van der Waals surface area (Å²) in [6.45, 7) is 1.44. The molecule has 3 N–H and O–H groups in total. The Balaban J connectivity index is 2.47. The van der Waals surface area contributed by atoms with Crippen LogP contribution in [0.2, 0.25) is 0 Å². The van der Waals surface area contributed by atoms with E-state index in [9.17, 15) is 18.6 Å². The highest BCUT2D eigenvalue weighted by atomic mass is 32.2. The van der Waals surface area contributed by atoms with Crippen LogP contribution >= 0.6 is 0 Å². The molecule has 0 saturated carbocycles. The van der Waals surface area contributed by atoms with Gasteiger partial charge in [-0.25, -0.2) is 13.1 Å². The second-order valence-corrected chi connectivity index (χ2v) is 6.21. The quantitative estimate of drug-likeness (QED) is 0.780. The zero-order valence-electron chi connectivity index (χ0n) is 11.5. The maximum absolute atomic E-state index is 11.5. The third-order valence-corrected chi connectivity index (χ3v) is 4.08. The van der Waals surface area contributed by atoms with Crippen LogP contribution in [0.15, 0.2) is 28.7 Å². The zero-order chi connectivity index (χ0) is 15.6. The van der Waals surface area contributed by atoms with Gasteiger partial charge in [-0.2, -0.15) is 0 Å². The molecule has 2 aromatic rings. The minimum Gasteiger partial charge on any atom is -0.502 e. The predicted octanol–water partition coefficient (Wildman–Crippen LogP) is 2.13. The first-order valence-corrected chi connectivity index (χ1v) is 7.72.